The molecule has 1 amide bonds. The quantitative estimate of drug-likeness (QED) is 0.419. The maximum Gasteiger partial charge on any atom is 0.264 e. The lowest BCUT2D eigenvalue weighted by Crippen LogP contribution is -2.41. The van der Waals surface area contributed by atoms with E-state index in [1.165, 1.54) is 49.1 Å². The van der Waals surface area contributed by atoms with Gasteiger partial charge in [0, 0.05) is 18.1 Å². The molecule has 1 aliphatic heterocycles. The summed E-state index contributed by atoms with van der Waals surface area (Å²) in [7, 11) is -3.98. The number of aryl methyl sites for hydroxylation is 1. The number of likely N-dealkylation sites (tertiary alicyclic amines) is 1. The molecule has 0 spiro atoms. The van der Waals surface area contributed by atoms with Crippen LogP contribution in [-0.2, 0) is 27.9 Å². The number of amides is 1. The van der Waals surface area contributed by atoms with Crippen molar-refractivity contribution in [1.29, 1.82) is 0 Å². The average Bonchev–Trinajstić information content (AvgIpc) is 2.88. The van der Waals surface area contributed by atoms with E-state index in [1.54, 1.807) is 12.1 Å². The molecule has 1 aliphatic rings. The van der Waals surface area contributed by atoms with Crippen LogP contribution in [0, 0.1) is 6.92 Å². The fourth-order valence-electron chi connectivity index (χ4n) is 4.40. The Hall–Kier alpha value is -2.87. The zero-order valence-corrected chi connectivity index (χ0v) is 22.1. The highest BCUT2D eigenvalue weighted by atomic mass is 35.5. The van der Waals surface area contributed by atoms with Crippen LogP contribution < -0.4 is 9.62 Å². The summed E-state index contributed by atoms with van der Waals surface area (Å²) in [6.07, 6.45) is 3.84. The molecular weight excluding hydrogens is 494 g/mol. The van der Waals surface area contributed by atoms with E-state index >= 15 is 0 Å². The molecule has 0 unspecified atom stereocenters. The fraction of sp³-hybridized carbons (Fsp3) is 0.321. The zero-order valence-electron chi connectivity index (χ0n) is 20.5. The van der Waals surface area contributed by atoms with Gasteiger partial charge in [-0.1, -0.05) is 60.5 Å². The van der Waals surface area contributed by atoms with Crippen molar-refractivity contribution >= 4 is 33.2 Å². The van der Waals surface area contributed by atoms with E-state index < -0.39 is 10.0 Å². The van der Waals surface area contributed by atoms with E-state index in [4.69, 9.17) is 11.6 Å². The van der Waals surface area contributed by atoms with Gasteiger partial charge in [-0.05, 0) is 79.9 Å². The number of piperidine rings is 1. The van der Waals surface area contributed by atoms with Gasteiger partial charge >= 0.3 is 0 Å². The van der Waals surface area contributed by atoms with Gasteiger partial charge in [0.2, 0.25) is 5.91 Å². The van der Waals surface area contributed by atoms with Crippen LogP contribution in [0.5, 0.6) is 0 Å². The Morgan fingerprint density at radius 1 is 0.917 bits per heavy atom. The third kappa shape index (κ3) is 6.66. The number of hydrogen-bond acceptors (Lipinski definition) is 4. The van der Waals surface area contributed by atoms with Gasteiger partial charge in [0.25, 0.3) is 10.0 Å². The highest BCUT2D eigenvalue weighted by Crippen LogP contribution is 2.27. The lowest BCUT2D eigenvalue weighted by molar-refractivity contribution is -0.119. The molecule has 0 bridgehead atoms. The Morgan fingerprint density at radius 3 is 2.22 bits per heavy atom. The smallest absolute Gasteiger partial charge is 0.264 e. The van der Waals surface area contributed by atoms with Gasteiger partial charge in [0.15, 0.2) is 0 Å². The molecule has 190 valence electrons. The molecule has 3 aromatic carbocycles. The molecule has 6 nitrogen and oxygen atoms in total. The summed E-state index contributed by atoms with van der Waals surface area (Å²) in [6.45, 7) is 5.06. The number of hydrogen-bond donors (Lipinski definition) is 1. The summed E-state index contributed by atoms with van der Waals surface area (Å²) in [5.74, 6) is -0.381. The first-order valence-corrected chi connectivity index (χ1v) is 14.1. The van der Waals surface area contributed by atoms with Gasteiger partial charge in [-0.2, -0.15) is 0 Å². The predicted molar refractivity (Wildman–Crippen MR) is 145 cm³/mol. The third-order valence-corrected chi connectivity index (χ3v) is 8.47. The molecule has 0 saturated carbocycles. The van der Waals surface area contributed by atoms with Crippen molar-refractivity contribution in [2.24, 2.45) is 0 Å². The zero-order chi connectivity index (χ0) is 25.5. The van der Waals surface area contributed by atoms with Gasteiger partial charge in [0.05, 0.1) is 10.6 Å². The molecule has 36 heavy (non-hydrogen) atoms. The number of carbonyl (C=O) groups is 1. The van der Waals surface area contributed by atoms with Crippen LogP contribution in [0.2, 0.25) is 5.02 Å². The van der Waals surface area contributed by atoms with Crippen LogP contribution in [-0.4, -0.2) is 38.9 Å². The number of halogens is 1. The summed E-state index contributed by atoms with van der Waals surface area (Å²) >= 11 is 5.95. The third-order valence-electron chi connectivity index (χ3n) is 6.44. The van der Waals surface area contributed by atoms with Crippen LogP contribution in [0.3, 0.4) is 0 Å². The number of anilines is 1. The molecule has 1 heterocycles. The van der Waals surface area contributed by atoms with Crippen LogP contribution in [0.25, 0.3) is 0 Å². The Bertz CT molecular complexity index is 1270. The lowest BCUT2D eigenvalue weighted by atomic mass is 10.1. The Balaban J connectivity index is 1.44. The number of benzene rings is 3. The van der Waals surface area contributed by atoms with Gasteiger partial charge in [-0.15, -0.1) is 0 Å². The van der Waals surface area contributed by atoms with Crippen molar-refractivity contribution in [2.45, 2.75) is 44.2 Å². The van der Waals surface area contributed by atoms with Gasteiger partial charge in [-0.3, -0.25) is 14.0 Å². The Kier molecular flexibility index (Phi) is 8.67. The van der Waals surface area contributed by atoms with Crippen molar-refractivity contribution in [3.05, 3.63) is 94.5 Å². The standard InChI is InChI=1S/C28H32ClN3O3S/c1-22-7-3-4-8-27(22)32(36(34,35)26-15-13-25(29)14-16-26)21-28(33)30-19-23-9-11-24(12-10-23)20-31-17-5-2-6-18-31/h3-4,7-16H,2,5-6,17-21H2,1H3,(H,30,33). The molecule has 0 aromatic heterocycles. The number of sulfonamides is 1. The van der Waals surface area contributed by atoms with Crippen LogP contribution in [0.1, 0.15) is 36.0 Å². The number of nitrogens with zero attached hydrogens (tertiary/aromatic N) is 2. The summed E-state index contributed by atoms with van der Waals surface area (Å²) in [6, 6.07) is 21.3. The molecule has 0 aliphatic carbocycles. The first kappa shape index (κ1) is 26.2. The maximum atomic E-state index is 13.5. The van der Waals surface area contributed by atoms with Crippen LogP contribution in [0.4, 0.5) is 5.69 Å². The van der Waals surface area contributed by atoms with Crippen LogP contribution >= 0.6 is 11.6 Å². The largest absolute Gasteiger partial charge is 0.350 e. The van der Waals surface area contributed by atoms with E-state index in [1.807, 2.05) is 31.2 Å². The molecular formula is C28H32ClN3O3S. The normalized spacial score (nSPS) is 14.4. The predicted octanol–water partition coefficient (Wildman–Crippen LogP) is 5.15. The van der Waals surface area contributed by atoms with E-state index in [9.17, 15) is 13.2 Å². The Morgan fingerprint density at radius 2 is 1.56 bits per heavy atom. The molecule has 1 saturated heterocycles. The van der Waals surface area contributed by atoms with Crippen molar-refractivity contribution in [3.8, 4) is 0 Å². The highest BCUT2D eigenvalue weighted by Gasteiger charge is 2.28. The lowest BCUT2D eigenvalue weighted by Gasteiger charge is -2.26. The second-order valence-corrected chi connectivity index (χ2v) is 11.5. The molecule has 3 aromatic rings. The minimum atomic E-state index is -3.98. The van der Waals surface area contributed by atoms with Gasteiger partial charge in [0.1, 0.15) is 6.54 Å². The highest BCUT2D eigenvalue weighted by molar-refractivity contribution is 7.92. The summed E-state index contributed by atoms with van der Waals surface area (Å²) < 4.78 is 28.2. The fourth-order valence-corrected chi connectivity index (χ4v) is 6.01. The topological polar surface area (TPSA) is 69.7 Å². The minimum absolute atomic E-state index is 0.0762. The molecule has 8 heteroatoms. The molecule has 4 rings (SSSR count). The van der Waals surface area contributed by atoms with Gasteiger partial charge < -0.3 is 5.32 Å². The first-order chi connectivity index (χ1) is 17.3. The molecule has 1 fully saturated rings. The summed E-state index contributed by atoms with van der Waals surface area (Å²) in [5, 5.41) is 3.32. The van der Waals surface area contributed by atoms with E-state index in [2.05, 4.69) is 22.3 Å². The Labute approximate surface area is 218 Å². The number of nitrogens with one attached hydrogen (secondary N) is 1. The maximum absolute atomic E-state index is 13.5. The van der Waals surface area contributed by atoms with Crippen LogP contribution in [0.15, 0.2) is 77.7 Å². The number of para-hydroxylation sites is 1. The SMILES string of the molecule is Cc1ccccc1N(CC(=O)NCc1ccc(CN2CCCCC2)cc1)S(=O)(=O)c1ccc(Cl)cc1. The van der Waals surface area contributed by atoms with E-state index in [0.717, 1.165) is 35.1 Å². The second-order valence-electron chi connectivity index (χ2n) is 9.18. The van der Waals surface area contributed by atoms with E-state index in [0.29, 0.717) is 17.3 Å². The van der Waals surface area contributed by atoms with Gasteiger partial charge in [-0.25, -0.2) is 8.42 Å². The second kappa shape index (κ2) is 11.9. The summed E-state index contributed by atoms with van der Waals surface area (Å²) in [5.41, 5.74) is 3.44. The molecule has 0 radical (unpaired) electrons. The van der Waals surface area contributed by atoms with Crippen molar-refractivity contribution < 1.29 is 13.2 Å². The molecule has 0 atom stereocenters. The van der Waals surface area contributed by atoms with Crippen molar-refractivity contribution in [1.82, 2.24) is 10.2 Å². The van der Waals surface area contributed by atoms with Crippen molar-refractivity contribution in [2.75, 3.05) is 23.9 Å². The average molecular weight is 526 g/mol. The first-order valence-electron chi connectivity index (χ1n) is 12.2. The number of rotatable bonds is 9. The molecule has 1 N–H and O–H groups in total. The monoisotopic (exact) mass is 525 g/mol. The van der Waals surface area contributed by atoms with Crippen molar-refractivity contribution in [3.63, 3.8) is 0 Å². The number of carbonyl (C=O) groups excluding carboxylic acids is 1. The summed E-state index contributed by atoms with van der Waals surface area (Å²) in [4.78, 5) is 15.5. The van der Waals surface area contributed by atoms with E-state index in [-0.39, 0.29) is 17.3 Å². The minimum Gasteiger partial charge on any atom is -0.350 e.